The van der Waals surface area contributed by atoms with E-state index in [2.05, 4.69) is 121 Å². The number of halogens is 2. The molecule has 10 rings (SSSR count). The molecule has 2 fully saturated rings. The van der Waals surface area contributed by atoms with Crippen molar-refractivity contribution in [1.29, 1.82) is 0 Å². The Hall–Kier alpha value is -3.07. The Morgan fingerprint density at radius 2 is 1.16 bits per heavy atom. The van der Waals surface area contributed by atoms with Gasteiger partial charge in [-0.1, -0.05) is 48.5 Å². The third-order valence-electron chi connectivity index (χ3n) is 12.5. The number of alkyl halides is 1. The van der Waals surface area contributed by atoms with Gasteiger partial charge in [-0.05, 0) is 74.4 Å². The van der Waals surface area contributed by atoms with Crippen LogP contribution in [0.3, 0.4) is 0 Å². The van der Waals surface area contributed by atoms with Crippen molar-refractivity contribution in [2.45, 2.75) is 57.2 Å². The number of anilines is 2. The molecule has 0 bridgehead atoms. The van der Waals surface area contributed by atoms with Gasteiger partial charge < -0.3 is 41.7 Å². The van der Waals surface area contributed by atoms with E-state index in [1.165, 1.54) is 36.8 Å². The Bertz CT molecular complexity index is 2890. The number of hydrogen-bond acceptors (Lipinski definition) is 17. The van der Waals surface area contributed by atoms with Crippen molar-refractivity contribution >= 4 is 42.4 Å². The van der Waals surface area contributed by atoms with E-state index in [0.717, 1.165) is 58.9 Å². The average Bonchev–Trinajstić information content (AvgIpc) is 4.12. The van der Waals surface area contributed by atoms with Crippen molar-refractivity contribution < 1.29 is 172 Å². The number of nitrogens with zero attached hydrogens (tertiary/aromatic N) is 13. The number of nitrogens with one attached hydrogen (secondary N) is 1. The number of H-pyrrole nitrogens is 1. The average molecular weight is 1290 g/mol. The van der Waals surface area contributed by atoms with Crippen LogP contribution in [0.1, 0.15) is 52.1 Å². The largest absolute Gasteiger partial charge is 1.00 e. The second-order valence-corrected chi connectivity index (χ2v) is 18.4. The van der Waals surface area contributed by atoms with Gasteiger partial charge in [-0.2, -0.15) is 10.2 Å². The maximum absolute atomic E-state index is 8.64. The van der Waals surface area contributed by atoms with Crippen molar-refractivity contribution in [2.75, 3.05) is 58.6 Å². The van der Waals surface area contributed by atoms with Gasteiger partial charge in [-0.15, -0.1) is 24.0 Å². The molecule has 2 atom stereocenters. The van der Waals surface area contributed by atoms with Crippen LogP contribution in [0.25, 0.3) is 45.2 Å². The molecule has 0 amide bonds. The quantitative estimate of drug-likeness (QED) is 0.0342. The first kappa shape index (κ1) is 63.5. The summed E-state index contributed by atoms with van der Waals surface area (Å²) in [5.74, 6) is 3.44. The van der Waals surface area contributed by atoms with Crippen molar-refractivity contribution in [1.82, 2.24) is 59.9 Å². The van der Waals surface area contributed by atoms with Gasteiger partial charge in [0.05, 0.1) is 30.1 Å². The van der Waals surface area contributed by atoms with Gasteiger partial charge in [0.2, 0.25) is 23.0 Å². The Morgan fingerprint density at radius 3 is 1.51 bits per heavy atom. The Kier molecular flexibility index (Phi) is 25.9. The number of hydrogen-bond donors (Lipinski definition) is 3. The Balaban J connectivity index is 0.000000323. The summed E-state index contributed by atoms with van der Waals surface area (Å²) < 4.78 is 17.5. The minimum absolute atomic E-state index is 0. The molecule has 21 nitrogen and oxygen atoms in total. The fourth-order valence-electron chi connectivity index (χ4n) is 7.98. The molecular formula is C49H62Cl2Cs2N16O5+2. The zero-order chi connectivity index (χ0) is 50.5. The first-order valence-electron chi connectivity index (χ1n) is 23.0. The molecule has 0 spiro atoms. The van der Waals surface area contributed by atoms with Gasteiger partial charge in [0.1, 0.15) is 0 Å². The SMILES string of the molecule is CN(C)CCCl.CN(C)CCn1cc(-c2n[n+]([C@@](C)(c3ccc(-c4cnc(N)nc4)cc3)C3CC3)co2)cn1.C[C@](c1ccc(-c2cnc(N)nc2)cc1)(C1CC1)[n+]1coc(-c2cn[nH]c2)n1.Cl.O=CO[O-].[Cs+].[Cs+].[H-]. The number of benzene rings is 2. The van der Waals surface area contributed by atoms with Crippen molar-refractivity contribution in [3.05, 3.63) is 122 Å². The van der Waals surface area contributed by atoms with Crippen LogP contribution in [-0.2, 0) is 27.3 Å². The van der Waals surface area contributed by atoms with E-state index in [9.17, 15) is 0 Å². The number of aromatic nitrogens is 12. The molecule has 2 aliphatic carbocycles. The van der Waals surface area contributed by atoms with E-state index in [-0.39, 0.29) is 181 Å². The van der Waals surface area contributed by atoms with Gasteiger partial charge in [-0.25, -0.2) is 19.9 Å². The molecule has 8 aromatic rings. The second kappa shape index (κ2) is 30.2. The van der Waals surface area contributed by atoms with Crippen LogP contribution < -0.4 is 164 Å². The molecular weight excluding hydrogens is 1230 g/mol. The predicted octanol–water partition coefficient (Wildman–Crippen LogP) is -1.07. The van der Waals surface area contributed by atoms with E-state index in [4.69, 9.17) is 52.2 Å². The van der Waals surface area contributed by atoms with Gasteiger partial charge in [0, 0.05) is 114 Å². The van der Waals surface area contributed by atoms with E-state index in [0.29, 0.717) is 23.6 Å². The van der Waals surface area contributed by atoms with E-state index in [1.807, 2.05) is 45.4 Å². The van der Waals surface area contributed by atoms with Crippen molar-refractivity contribution in [2.24, 2.45) is 11.8 Å². The molecule has 6 heterocycles. The summed E-state index contributed by atoms with van der Waals surface area (Å²) >= 11 is 5.35. The zero-order valence-electron chi connectivity index (χ0n) is 44.1. The molecule has 2 saturated carbocycles. The van der Waals surface area contributed by atoms with Gasteiger partial charge in [-0.3, -0.25) is 14.6 Å². The summed E-state index contributed by atoms with van der Waals surface area (Å²) in [6.07, 6.45) is 22.3. The van der Waals surface area contributed by atoms with Crippen LogP contribution in [0.4, 0.5) is 11.9 Å². The summed E-state index contributed by atoms with van der Waals surface area (Å²) in [6, 6.07) is 17.0. The monoisotopic (exact) mass is 1290 g/mol. The maximum atomic E-state index is 8.64. The smallest absolute Gasteiger partial charge is 1.00 e. The van der Waals surface area contributed by atoms with Crippen LogP contribution in [0, 0.1) is 11.8 Å². The first-order valence-corrected chi connectivity index (χ1v) is 23.5. The van der Waals surface area contributed by atoms with Crippen LogP contribution in [0.5, 0.6) is 0 Å². The number of carbonyl (C=O) groups excluding carboxylic acids is 1. The van der Waals surface area contributed by atoms with Crippen LogP contribution in [-0.4, -0.2) is 114 Å². The standard InChI is InChI=1S/C24H29N8O.C20H20N7O.C4H10ClN.CH2O3.ClH.2Cs.H/c1-24(21-8-9-21,20-6-4-17(5-7-20)18-12-26-23(25)27-13-18)32-16-33-22(29-32)19-14-28-31(15-19)11-10-30(2)3;1-20(17-6-7-17,27-12-28-18(26-27)15-10-24-25-11-15)16-4-2-13(3-5-16)14-8-22-19(21)23-9-14;1-6(2)4-3-5;2-1-4-3;;;;/h4-7,12-16,21H,8-11H2,1-3H3,(H2,25,26,27);2-5,8-12,17H,6-7H2,1H3,(H,24,25)(H2,21,22,23);3-4H2,1-2H3;1,3H;1H;;;/q2*+1;;;;2*+1;-1/p-1/t24-;20-;;;;;;/m00....../s1. The number of nitrogen functional groups attached to an aromatic ring is 2. The van der Waals surface area contributed by atoms with Crippen molar-refractivity contribution in [3.63, 3.8) is 0 Å². The van der Waals surface area contributed by atoms with Gasteiger partial charge in [0.15, 0.2) is 0 Å². The molecule has 6 aromatic heterocycles. The molecule has 0 saturated heterocycles. The predicted molar refractivity (Wildman–Crippen MR) is 270 cm³/mol. The van der Waals surface area contributed by atoms with Gasteiger partial charge >= 0.3 is 151 Å². The molecule has 74 heavy (non-hydrogen) atoms. The van der Waals surface area contributed by atoms with Crippen LogP contribution in [0.15, 0.2) is 120 Å². The minimum atomic E-state index is -0.293. The molecule has 0 radical (unpaired) electrons. The number of likely N-dealkylation sites (N-methyl/N-ethyl adjacent to an activating group) is 1. The molecule has 25 heteroatoms. The zero-order valence-corrected chi connectivity index (χ0v) is 57.2. The fraction of sp³-hybridized carbons (Fsp3) is 0.367. The summed E-state index contributed by atoms with van der Waals surface area (Å²) in [5, 5.41) is 29.2. The third-order valence-corrected chi connectivity index (χ3v) is 12.7. The van der Waals surface area contributed by atoms with Crippen LogP contribution in [0.2, 0.25) is 0 Å². The maximum Gasteiger partial charge on any atom is 1.00 e. The summed E-state index contributed by atoms with van der Waals surface area (Å²) in [7, 11) is 8.11. The topological polar surface area (TPSA) is 266 Å². The number of aromatic amines is 1. The molecule has 0 unspecified atom stereocenters. The fourth-order valence-corrected chi connectivity index (χ4v) is 8.32. The third kappa shape index (κ3) is 16.7. The first-order chi connectivity index (χ1) is 34.3. The van der Waals surface area contributed by atoms with Gasteiger partial charge in [0.25, 0.3) is 18.3 Å². The molecule has 382 valence electrons. The molecule has 2 aliphatic rings. The summed E-state index contributed by atoms with van der Waals surface area (Å²) in [6.45, 7) is 6.98. The molecule has 2 aromatic carbocycles. The number of rotatable bonds is 16. The number of carbonyl (C=O) groups is 1. The Morgan fingerprint density at radius 1 is 0.730 bits per heavy atom. The second-order valence-electron chi connectivity index (χ2n) is 18.1. The minimum Gasteiger partial charge on any atom is -1.00 e. The van der Waals surface area contributed by atoms with Crippen molar-refractivity contribution in [3.8, 4) is 45.2 Å². The molecule has 5 N–H and O–H groups in total. The van der Waals surface area contributed by atoms with E-state index in [1.54, 1.807) is 50.0 Å². The Labute approximate surface area is 560 Å². The molecule has 0 aliphatic heterocycles. The van der Waals surface area contributed by atoms with E-state index < -0.39 is 0 Å². The van der Waals surface area contributed by atoms with Crippen LogP contribution >= 0.6 is 24.0 Å². The summed E-state index contributed by atoms with van der Waals surface area (Å²) in [4.78, 5) is 31.8. The van der Waals surface area contributed by atoms with E-state index >= 15 is 0 Å². The summed E-state index contributed by atoms with van der Waals surface area (Å²) in [5.41, 5.74) is 18.7. The normalized spacial score (nSPS) is 14.1. The number of nitrogens with two attached hydrogens (primary N) is 2.